The standard InChI is InChI=1S/C20H32O3/c1-10(2)15-12(21)7-20(5)14(23)9-18(3)8-13(22)19(4)6-11(19)16(18)17(15)20/h10-12,14-17,21,23H,6-9H2,1-5H3/t11-,12-,14-,15+,16+,17+,18+,19-,20+/m0/s1. The molecule has 4 fully saturated rings. The Hall–Kier alpha value is -0.410. The lowest BCUT2D eigenvalue weighted by Crippen LogP contribution is -2.57. The van der Waals surface area contributed by atoms with E-state index in [1.54, 1.807) is 0 Å². The first kappa shape index (κ1) is 16.1. The predicted octanol–water partition coefficient (Wildman–Crippen LogP) is 3.03. The highest BCUT2D eigenvalue weighted by molar-refractivity contribution is 5.89. The Balaban J connectivity index is 1.82. The van der Waals surface area contributed by atoms with Crippen LogP contribution in [-0.2, 0) is 4.79 Å². The molecule has 0 aromatic carbocycles. The quantitative estimate of drug-likeness (QED) is 0.781. The van der Waals surface area contributed by atoms with Crippen LogP contribution < -0.4 is 0 Å². The molecule has 9 atom stereocenters. The van der Waals surface area contributed by atoms with E-state index in [0.717, 1.165) is 12.8 Å². The van der Waals surface area contributed by atoms with Gasteiger partial charge in [-0.15, -0.1) is 0 Å². The van der Waals surface area contributed by atoms with Crippen LogP contribution in [-0.4, -0.2) is 28.2 Å². The summed E-state index contributed by atoms with van der Waals surface area (Å²) in [6, 6.07) is 0. The van der Waals surface area contributed by atoms with Crippen molar-refractivity contribution < 1.29 is 15.0 Å². The second kappa shape index (κ2) is 4.40. The minimum Gasteiger partial charge on any atom is -0.393 e. The average molecular weight is 320 g/mol. The third kappa shape index (κ3) is 1.81. The van der Waals surface area contributed by atoms with Gasteiger partial charge < -0.3 is 10.2 Å². The summed E-state index contributed by atoms with van der Waals surface area (Å²) in [4.78, 5) is 12.6. The average Bonchev–Trinajstić information content (AvgIpc) is 3.00. The van der Waals surface area contributed by atoms with E-state index in [0.29, 0.717) is 42.3 Å². The molecule has 0 saturated heterocycles. The molecular formula is C20H32O3. The lowest BCUT2D eigenvalue weighted by molar-refractivity contribution is -0.162. The third-order valence-electron chi connectivity index (χ3n) is 8.59. The van der Waals surface area contributed by atoms with Crippen molar-refractivity contribution in [2.45, 2.75) is 72.5 Å². The second-order valence-electron chi connectivity index (χ2n) is 10.4. The summed E-state index contributed by atoms with van der Waals surface area (Å²) in [6.07, 6.45) is 2.37. The zero-order chi connectivity index (χ0) is 16.9. The van der Waals surface area contributed by atoms with Crippen molar-refractivity contribution in [3.05, 3.63) is 0 Å². The van der Waals surface area contributed by atoms with Crippen molar-refractivity contribution in [1.82, 2.24) is 0 Å². The number of aliphatic hydroxyl groups is 2. The van der Waals surface area contributed by atoms with Crippen LogP contribution in [0.3, 0.4) is 0 Å². The van der Waals surface area contributed by atoms with Crippen LogP contribution in [0.4, 0.5) is 0 Å². The molecule has 0 unspecified atom stereocenters. The van der Waals surface area contributed by atoms with Crippen molar-refractivity contribution in [3.8, 4) is 0 Å². The molecule has 130 valence electrons. The first-order chi connectivity index (χ1) is 10.5. The molecule has 0 aliphatic heterocycles. The summed E-state index contributed by atoms with van der Waals surface area (Å²) >= 11 is 0. The molecule has 3 nitrogen and oxygen atoms in total. The maximum Gasteiger partial charge on any atom is 0.139 e. The maximum atomic E-state index is 12.6. The molecule has 0 radical (unpaired) electrons. The van der Waals surface area contributed by atoms with Crippen LogP contribution in [0.15, 0.2) is 0 Å². The molecule has 2 N–H and O–H groups in total. The van der Waals surface area contributed by atoms with Crippen LogP contribution in [0.25, 0.3) is 0 Å². The Morgan fingerprint density at radius 1 is 1.04 bits per heavy atom. The summed E-state index contributed by atoms with van der Waals surface area (Å²) < 4.78 is 0. The van der Waals surface area contributed by atoms with Gasteiger partial charge in [0, 0.05) is 11.8 Å². The third-order valence-corrected chi connectivity index (χ3v) is 8.59. The lowest BCUT2D eigenvalue weighted by atomic mass is 9.46. The van der Waals surface area contributed by atoms with E-state index in [1.165, 1.54) is 0 Å². The molecule has 4 rings (SSSR count). The number of hydrogen-bond donors (Lipinski definition) is 2. The molecule has 0 heterocycles. The molecule has 0 aromatic heterocycles. The van der Waals surface area contributed by atoms with Gasteiger partial charge in [0.05, 0.1) is 12.2 Å². The monoisotopic (exact) mass is 320 g/mol. The van der Waals surface area contributed by atoms with Crippen molar-refractivity contribution in [2.24, 2.45) is 45.8 Å². The summed E-state index contributed by atoms with van der Waals surface area (Å²) in [5.74, 6) is 2.36. The fraction of sp³-hybridized carbons (Fsp3) is 0.950. The van der Waals surface area contributed by atoms with Gasteiger partial charge in [0.15, 0.2) is 0 Å². The van der Waals surface area contributed by atoms with Crippen molar-refractivity contribution >= 4 is 5.78 Å². The fourth-order valence-corrected chi connectivity index (χ4v) is 7.25. The highest BCUT2D eigenvalue weighted by Gasteiger charge is 2.74. The summed E-state index contributed by atoms with van der Waals surface area (Å²) in [5.41, 5.74) is -0.385. The van der Waals surface area contributed by atoms with Gasteiger partial charge in [0.25, 0.3) is 0 Å². The Kier molecular flexibility index (Phi) is 3.08. The number of Topliss-reactive ketones (excluding diaryl/α,β-unsaturated/α-hetero) is 1. The van der Waals surface area contributed by atoms with E-state index in [1.807, 2.05) is 0 Å². The molecule has 0 bridgehead atoms. The number of ketones is 1. The molecule has 0 amide bonds. The predicted molar refractivity (Wildman–Crippen MR) is 88.6 cm³/mol. The van der Waals surface area contributed by atoms with E-state index in [2.05, 4.69) is 34.6 Å². The molecule has 4 saturated carbocycles. The van der Waals surface area contributed by atoms with Gasteiger partial charge >= 0.3 is 0 Å². The van der Waals surface area contributed by atoms with E-state index < -0.39 is 6.10 Å². The van der Waals surface area contributed by atoms with E-state index in [4.69, 9.17) is 0 Å². The Bertz CT molecular complexity index is 557. The van der Waals surface area contributed by atoms with Gasteiger partial charge in [0.1, 0.15) is 5.78 Å². The second-order valence-corrected chi connectivity index (χ2v) is 10.4. The molecule has 0 spiro atoms. The van der Waals surface area contributed by atoms with E-state index in [-0.39, 0.29) is 28.3 Å². The largest absolute Gasteiger partial charge is 0.393 e. The highest BCUT2D eigenvalue weighted by Crippen LogP contribution is 2.75. The minimum absolute atomic E-state index is 0.0848. The van der Waals surface area contributed by atoms with Gasteiger partial charge in [-0.05, 0) is 59.7 Å². The molecule has 4 aliphatic rings. The number of hydrogen-bond acceptors (Lipinski definition) is 3. The minimum atomic E-state index is -0.400. The number of carbonyl (C=O) groups excluding carboxylic acids is 1. The molecular weight excluding hydrogens is 288 g/mol. The number of rotatable bonds is 1. The number of aliphatic hydroxyl groups excluding tert-OH is 2. The summed E-state index contributed by atoms with van der Waals surface area (Å²) in [7, 11) is 0. The summed E-state index contributed by atoms with van der Waals surface area (Å²) in [5, 5.41) is 21.8. The first-order valence-corrected chi connectivity index (χ1v) is 9.44. The fourth-order valence-electron chi connectivity index (χ4n) is 7.25. The molecule has 4 aliphatic carbocycles. The van der Waals surface area contributed by atoms with Crippen molar-refractivity contribution in [3.63, 3.8) is 0 Å². The van der Waals surface area contributed by atoms with Crippen LogP contribution in [0.5, 0.6) is 0 Å². The Morgan fingerprint density at radius 3 is 2.30 bits per heavy atom. The van der Waals surface area contributed by atoms with Crippen LogP contribution in [0, 0.1) is 45.8 Å². The van der Waals surface area contributed by atoms with Crippen LogP contribution in [0.1, 0.15) is 60.3 Å². The van der Waals surface area contributed by atoms with Gasteiger partial charge in [-0.3, -0.25) is 4.79 Å². The van der Waals surface area contributed by atoms with Gasteiger partial charge in [0.2, 0.25) is 0 Å². The van der Waals surface area contributed by atoms with Crippen LogP contribution in [0.2, 0.25) is 0 Å². The van der Waals surface area contributed by atoms with Gasteiger partial charge in [-0.2, -0.15) is 0 Å². The van der Waals surface area contributed by atoms with Crippen LogP contribution >= 0.6 is 0 Å². The normalized spacial score (nSPS) is 61.1. The summed E-state index contributed by atoms with van der Waals surface area (Å²) in [6.45, 7) is 11.0. The molecule has 3 heteroatoms. The van der Waals surface area contributed by atoms with Crippen molar-refractivity contribution in [1.29, 1.82) is 0 Å². The zero-order valence-electron chi connectivity index (χ0n) is 15.2. The lowest BCUT2D eigenvalue weighted by Gasteiger charge is -2.58. The number of carbonyl (C=O) groups is 1. The maximum absolute atomic E-state index is 12.6. The Morgan fingerprint density at radius 2 is 1.70 bits per heavy atom. The van der Waals surface area contributed by atoms with E-state index in [9.17, 15) is 15.0 Å². The molecule has 23 heavy (non-hydrogen) atoms. The topological polar surface area (TPSA) is 57.5 Å². The number of fused-ring (bicyclic) bond motifs is 5. The van der Waals surface area contributed by atoms with Gasteiger partial charge in [-0.25, -0.2) is 0 Å². The van der Waals surface area contributed by atoms with E-state index >= 15 is 0 Å². The van der Waals surface area contributed by atoms with Gasteiger partial charge in [-0.1, -0.05) is 34.6 Å². The van der Waals surface area contributed by atoms with Crippen molar-refractivity contribution in [2.75, 3.05) is 0 Å². The first-order valence-electron chi connectivity index (χ1n) is 9.44. The Labute approximate surface area is 139 Å². The highest BCUT2D eigenvalue weighted by atomic mass is 16.3. The SMILES string of the molecule is CC(C)[C@H]1[C@@H]2[C@H]3[C@@H]4C[C@]4(C)C(=O)C[C@]3(C)C[C@H](O)[C@@]2(C)C[C@@H]1O. The smallest absolute Gasteiger partial charge is 0.139 e. The zero-order valence-corrected chi connectivity index (χ0v) is 15.2. The molecule has 0 aromatic rings.